The van der Waals surface area contributed by atoms with E-state index in [1.807, 2.05) is 12.3 Å². The van der Waals surface area contributed by atoms with Gasteiger partial charge in [-0.3, -0.25) is 9.98 Å². The Hall–Kier alpha value is -1.37. The molecule has 2 N–H and O–H groups in total. The molecule has 0 amide bonds. The first kappa shape index (κ1) is 18.0. The second-order valence-corrected chi connectivity index (χ2v) is 5.83. The molecule has 0 aliphatic heterocycles. The average molecular weight is 424 g/mol. The molecule has 1 saturated carbocycles. The molecule has 1 aromatic heterocycles. The van der Waals surface area contributed by atoms with Crippen molar-refractivity contribution in [2.45, 2.75) is 26.2 Å². The molecule has 23 heavy (non-hydrogen) atoms. The van der Waals surface area contributed by atoms with Gasteiger partial charge >= 0.3 is 0 Å². The molecule has 3 rings (SSSR count). The summed E-state index contributed by atoms with van der Waals surface area (Å²) in [5.41, 5.74) is 2.38. The molecule has 1 aliphatic rings. The number of nitrogens with one attached hydrogen (secondary N) is 2. The normalized spacial score (nSPS) is 14.4. The van der Waals surface area contributed by atoms with Gasteiger partial charge < -0.3 is 10.6 Å². The Morgan fingerprint density at radius 3 is 2.83 bits per heavy atom. The number of guanidine groups is 1. The van der Waals surface area contributed by atoms with Crippen LogP contribution in [-0.2, 0) is 6.42 Å². The van der Waals surface area contributed by atoms with Gasteiger partial charge in [0.15, 0.2) is 5.96 Å². The molecule has 0 unspecified atom stereocenters. The first-order valence-electron chi connectivity index (χ1n) is 8.21. The summed E-state index contributed by atoms with van der Waals surface area (Å²) in [6.45, 7) is 4.81. The third kappa shape index (κ3) is 5.34. The van der Waals surface area contributed by atoms with Gasteiger partial charge in [-0.15, -0.1) is 24.0 Å². The Morgan fingerprint density at radius 1 is 1.22 bits per heavy atom. The Kier molecular flexibility index (Phi) is 7.08. The second kappa shape index (κ2) is 9.05. The van der Waals surface area contributed by atoms with Crippen molar-refractivity contribution in [1.82, 2.24) is 15.6 Å². The second-order valence-electron chi connectivity index (χ2n) is 5.83. The number of hydrogen-bond donors (Lipinski definition) is 2. The van der Waals surface area contributed by atoms with E-state index in [0.717, 1.165) is 43.4 Å². The van der Waals surface area contributed by atoms with Gasteiger partial charge in [0.25, 0.3) is 0 Å². The molecule has 1 aliphatic carbocycles. The zero-order valence-electron chi connectivity index (χ0n) is 13.6. The van der Waals surface area contributed by atoms with E-state index in [4.69, 9.17) is 0 Å². The molecular formula is C18H25IN4. The van der Waals surface area contributed by atoms with Crippen molar-refractivity contribution in [2.75, 3.05) is 19.6 Å². The van der Waals surface area contributed by atoms with Gasteiger partial charge in [-0.25, -0.2) is 0 Å². The van der Waals surface area contributed by atoms with Gasteiger partial charge in [0.1, 0.15) is 0 Å². The minimum atomic E-state index is 0. The molecule has 0 bridgehead atoms. The molecule has 124 valence electrons. The summed E-state index contributed by atoms with van der Waals surface area (Å²) in [7, 11) is 0. The maximum atomic E-state index is 4.65. The van der Waals surface area contributed by atoms with E-state index in [1.165, 1.54) is 23.8 Å². The highest BCUT2D eigenvalue weighted by molar-refractivity contribution is 14.0. The molecule has 0 spiro atoms. The summed E-state index contributed by atoms with van der Waals surface area (Å²) < 4.78 is 0. The van der Waals surface area contributed by atoms with E-state index in [2.05, 4.69) is 51.8 Å². The molecule has 0 atom stereocenters. The molecule has 1 fully saturated rings. The molecule has 0 saturated heterocycles. The van der Waals surface area contributed by atoms with Gasteiger partial charge in [0.05, 0.1) is 5.52 Å². The van der Waals surface area contributed by atoms with Crippen molar-refractivity contribution in [3.05, 3.63) is 42.1 Å². The van der Waals surface area contributed by atoms with Crippen molar-refractivity contribution in [3.8, 4) is 0 Å². The average Bonchev–Trinajstić information content (AvgIpc) is 3.37. The fourth-order valence-electron chi connectivity index (χ4n) is 2.55. The Balaban J connectivity index is 0.00000192. The topological polar surface area (TPSA) is 49.3 Å². The number of rotatable bonds is 6. The molecule has 2 aromatic rings. The zero-order chi connectivity index (χ0) is 15.2. The van der Waals surface area contributed by atoms with E-state index >= 15 is 0 Å². The van der Waals surface area contributed by atoms with Crippen LogP contribution in [-0.4, -0.2) is 30.6 Å². The number of pyridine rings is 1. The highest BCUT2D eigenvalue weighted by atomic mass is 127. The standard InChI is InChI=1S/C18H24N4.HI/c1-2-19-18(22-13-14-8-9-14)21-12-10-16-6-3-5-15-7-4-11-20-17(15)16;/h3-7,11,14H,2,8-10,12-13H2,1H3,(H2,19,21,22);1H. The predicted molar refractivity (Wildman–Crippen MR) is 108 cm³/mol. The van der Waals surface area contributed by atoms with Crippen LogP contribution in [0.4, 0.5) is 0 Å². The predicted octanol–water partition coefficient (Wildman–Crippen LogP) is 3.36. The Labute approximate surface area is 155 Å². The number of aromatic nitrogens is 1. The maximum Gasteiger partial charge on any atom is 0.191 e. The largest absolute Gasteiger partial charge is 0.357 e. The number of benzene rings is 1. The Morgan fingerprint density at radius 2 is 2.04 bits per heavy atom. The minimum absolute atomic E-state index is 0. The van der Waals surface area contributed by atoms with Crippen molar-refractivity contribution in [1.29, 1.82) is 0 Å². The SMILES string of the molecule is CCNC(=NCC1CC1)NCCc1cccc2cccnc12.I. The quantitative estimate of drug-likeness (QED) is 0.425. The number of halogens is 1. The van der Waals surface area contributed by atoms with Gasteiger partial charge in [-0.05, 0) is 43.7 Å². The van der Waals surface area contributed by atoms with Gasteiger partial charge in [-0.1, -0.05) is 24.3 Å². The highest BCUT2D eigenvalue weighted by Crippen LogP contribution is 2.28. The van der Waals surface area contributed by atoms with Crippen molar-refractivity contribution >= 4 is 40.8 Å². The van der Waals surface area contributed by atoms with Crippen LogP contribution in [0.2, 0.25) is 0 Å². The lowest BCUT2D eigenvalue weighted by Crippen LogP contribution is -2.38. The van der Waals surface area contributed by atoms with Gasteiger partial charge in [0.2, 0.25) is 0 Å². The van der Waals surface area contributed by atoms with Gasteiger partial charge in [-0.2, -0.15) is 0 Å². The maximum absolute atomic E-state index is 4.65. The summed E-state index contributed by atoms with van der Waals surface area (Å²) >= 11 is 0. The van der Waals surface area contributed by atoms with Crippen LogP contribution >= 0.6 is 24.0 Å². The van der Waals surface area contributed by atoms with E-state index in [0.29, 0.717) is 0 Å². The van der Waals surface area contributed by atoms with Crippen molar-refractivity contribution < 1.29 is 0 Å². The molecule has 0 radical (unpaired) electrons. The van der Waals surface area contributed by atoms with Crippen molar-refractivity contribution in [3.63, 3.8) is 0 Å². The lowest BCUT2D eigenvalue weighted by Gasteiger charge is -2.12. The first-order valence-corrected chi connectivity index (χ1v) is 8.21. The number of nitrogens with zero attached hydrogens (tertiary/aromatic N) is 2. The van der Waals surface area contributed by atoms with Gasteiger partial charge in [0, 0.05) is 31.2 Å². The van der Waals surface area contributed by atoms with E-state index in [1.54, 1.807) is 0 Å². The number of hydrogen-bond acceptors (Lipinski definition) is 2. The van der Waals surface area contributed by atoms with Crippen LogP contribution in [0.15, 0.2) is 41.5 Å². The first-order chi connectivity index (χ1) is 10.9. The summed E-state index contributed by atoms with van der Waals surface area (Å²) in [6.07, 6.45) is 5.48. The molecule has 1 aromatic carbocycles. The van der Waals surface area contributed by atoms with Crippen LogP contribution in [0.5, 0.6) is 0 Å². The lowest BCUT2D eigenvalue weighted by atomic mass is 10.1. The Bertz CT molecular complexity index is 647. The monoisotopic (exact) mass is 424 g/mol. The van der Waals surface area contributed by atoms with E-state index in [-0.39, 0.29) is 24.0 Å². The van der Waals surface area contributed by atoms with Crippen LogP contribution in [0.3, 0.4) is 0 Å². The molecule has 5 heteroatoms. The van der Waals surface area contributed by atoms with E-state index in [9.17, 15) is 0 Å². The van der Waals surface area contributed by atoms with Crippen molar-refractivity contribution in [2.24, 2.45) is 10.9 Å². The molecular weight excluding hydrogens is 399 g/mol. The van der Waals surface area contributed by atoms with Crippen LogP contribution in [0, 0.1) is 5.92 Å². The van der Waals surface area contributed by atoms with Crippen LogP contribution in [0.1, 0.15) is 25.3 Å². The lowest BCUT2D eigenvalue weighted by molar-refractivity contribution is 0.777. The summed E-state index contributed by atoms with van der Waals surface area (Å²) in [5, 5.41) is 7.94. The molecule has 4 nitrogen and oxygen atoms in total. The van der Waals surface area contributed by atoms with Crippen LogP contribution < -0.4 is 10.6 Å². The summed E-state index contributed by atoms with van der Waals surface area (Å²) in [5.74, 6) is 1.75. The number of fused-ring (bicyclic) bond motifs is 1. The highest BCUT2D eigenvalue weighted by Gasteiger charge is 2.20. The van der Waals surface area contributed by atoms with E-state index < -0.39 is 0 Å². The summed E-state index contributed by atoms with van der Waals surface area (Å²) in [4.78, 5) is 9.16. The third-order valence-corrected chi connectivity index (χ3v) is 3.95. The fourth-order valence-corrected chi connectivity index (χ4v) is 2.55. The zero-order valence-corrected chi connectivity index (χ0v) is 15.9. The smallest absolute Gasteiger partial charge is 0.191 e. The number of aliphatic imine (C=N–C) groups is 1. The number of para-hydroxylation sites is 1. The molecule has 1 heterocycles. The van der Waals surface area contributed by atoms with Crippen LogP contribution in [0.25, 0.3) is 10.9 Å². The summed E-state index contributed by atoms with van der Waals surface area (Å²) in [6, 6.07) is 10.5. The third-order valence-electron chi connectivity index (χ3n) is 3.95. The minimum Gasteiger partial charge on any atom is -0.357 e. The fraction of sp³-hybridized carbons (Fsp3) is 0.444.